The molecule has 0 radical (unpaired) electrons. The molecule has 1 saturated heterocycles. The van der Waals surface area contributed by atoms with Crippen LogP contribution in [0.15, 0.2) is 65.8 Å². The van der Waals surface area contributed by atoms with Gasteiger partial charge in [-0.2, -0.15) is 0 Å². The molecule has 4 nitrogen and oxygen atoms in total. The fraction of sp³-hybridized carbons (Fsp3) is 0.304. The summed E-state index contributed by atoms with van der Waals surface area (Å²) in [5, 5.41) is 3.60. The third-order valence-corrected chi connectivity index (χ3v) is 6.90. The Morgan fingerprint density at radius 2 is 1.96 bits per heavy atom. The Balaban J connectivity index is 1.75. The monoisotopic (exact) mass is 389 g/mol. The summed E-state index contributed by atoms with van der Waals surface area (Å²) >= 11 is 1.87. The molecule has 3 atom stereocenters. The highest BCUT2D eigenvalue weighted by Crippen LogP contribution is 2.52. The molecule has 3 heterocycles. The number of methoxy groups -OCH3 is 1. The number of nitrogens with zero attached hydrogens (tertiary/aromatic N) is 3. The topological polar surface area (TPSA) is 37.7 Å². The van der Waals surface area contributed by atoms with E-state index in [0.29, 0.717) is 6.04 Å². The van der Waals surface area contributed by atoms with E-state index in [4.69, 9.17) is 9.73 Å². The van der Waals surface area contributed by atoms with Gasteiger partial charge in [-0.25, -0.2) is 0 Å². The Labute approximate surface area is 169 Å². The van der Waals surface area contributed by atoms with Gasteiger partial charge in [0.1, 0.15) is 11.8 Å². The van der Waals surface area contributed by atoms with Gasteiger partial charge in [-0.1, -0.05) is 55.1 Å². The van der Waals surface area contributed by atoms with Crippen molar-refractivity contribution in [3.8, 4) is 5.75 Å². The summed E-state index contributed by atoms with van der Waals surface area (Å²) in [5.41, 5.74) is 2.23. The number of fused-ring (bicyclic) bond motifs is 2. The highest BCUT2D eigenvalue weighted by molar-refractivity contribution is 8.14. The van der Waals surface area contributed by atoms with Crippen LogP contribution in [0.5, 0.6) is 5.75 Å². The Morgan fingerprint density at radius 3 is 2.75 bits per heavy atom. The van der Waals surface area contributed by atoms with E-state index in [1.807, 2.05) is 30.1 Å². The van der Waals surface area contributed by atoms with Gasteiger partial charge in [0, 0.05) is 23.6 Å². The fourth-order valence-electron chi connectivity index (χ4n) is 4.42. The largest absolute Gasteiger partial charge is 0.496 e. The van der Waals surface area contributed by atoms with Gasteiger partial charge in [-0.15, -0.1) is 0 Å². The zero-order chi connectivity index (χ0) is 19.1. The first-order valence-corrected chi connectivity index (χ1v) is 10.8. The molecule has 0 amide bonds. The van der Waals surface area contributed by atoms with Gasteiger partial charge in [-0.3, -0.25) is 9.98 Å². The zero-order valence-electron chi connectivity index (χ0n) is 16.1. The maximum Gasteiger partial charge on any atom is 0.160 e. The van der Waals surface area contributed by atoms with Crippen molar-refractivity contribution in [3.63, 3.8) is 0 Å². The molecule has 2 aliphatic heterocycles. The molecule has 0 bridgehead atoms. The Bertz CT molecular complexity index is 1040. The molecule has 0 aliphatic carbocycles. The summed E-state index contributed by atoms with van der Waals surface area (Å²) in [4.78, 5) is 12.3. The Hall–Kier alpha value is -2.53. The number of thioether (sulfide) groups is 1. The normalized spacial score (nSPS) is 23.7. The average Bonchev–Trinajstić information content (AvgIpc) is 3.32. The number of pyridine rings is 1. The minimum atomic E-state index is -0.0299. The van der Waals surface area contributed by atoms with E-state index < -0.39 is 0 Å². The molecular weight excluding hydrogens is 366 g/mol. The lowest BCUT2D eigenvalue weighted by molar-refractivity contribution is 0.250. The van der Waals surface area contributed by atoms with Crippen LogP contribution in [-0.2, 0) is 0 Å². The van der Waals surface area contributed by atoms with Gasteiger partial charge in [-0.05, 0) is 35.4 Å². The molecule has 2 aromatic carbocycles. The first kappa shape index (κ1) is 17.6. The molecule has 1 fully saturated rings. The van der Waals surface area contributed by atoms with Crippen molar-refractivity contribution >= 4 is 27.7 Å². The maximum absolute atomic E-state index is 5.86. The minimum absolute atomic E-state index is 0.0299. The lowest BCUT2D eigenvalue weighted by atomic mass is 9.90. The van der Waals surface area contributed by atoms with E-state index in [9.17, 15) is 0 Å². The van der Waals surface area contributed by atoms with Crippen LogP contribution < -0.4 is 4.74 Å². The predicted octanol–water partition coefficient (Wildman–Crippen LogP) is 5.22. The summed E-state index contributed by atoms with van der Waals surface area (Å²) < 4.78 is 5.86. The van der Waals surface area contributed by atoms with Crippen LogP contribution in [0.2, 0.25) is 0 Å². The van der Waals surface area contributed by atoms with Crippen LogP contribution in [0.3, 0.4) is 0 Å². The molecule has 3 unspecified atom stereocenters. The molecule has 0 saturated carbocycles. The van der Waals surface area contributed by atoms with Crippen LogP contribution in [0.1, 0.15) is 36.7 Å². The smallest absolute Gasteiger partial charge is 0.160 e. The zero-order valence-corrected chi connectivity index (χ0v) is 16.9. The van der Waals surface area contributed by atoms with Gasteiger partial charge in [0.15, 0.2) is 5.17 Å². The van der Waals surface area contributed by atoms with E-state index in [1.54, 1.807) is 7.11 Å². The lowest BCUT2D eigenvalue weighted by Gasteiger charge is -2.33. The number of aliphatic imine (C=N–C) groups is 1. The highest BCUT2D eigenvalue weighted by Gasteiger charge is 2.46. The fourth-order valence-corrected chi connectivity index (χ4v) is 5.76. The van der Waals surface area contributed by atoms with Gasteiger partial charge in [0.25, 0.3) is 0 Å². The lowest BCUT2D eigenvalue weighted by Crippen LogP contribution is -2.35. The molecule has 28 heavy (non-hydrogen) atoms. The number of benzene rings is 2. The molecule has 0 spiro atoms. The van der Waals surface area contributed by atoms with E-state index in [2.05, 4.69) is 59.3 Å². The quantitative estimate of drug-likeness (QED) is 0.613. The van der Waals surface area contributed by atoms with Crippen molar-refractivity contribution in [1.29, 1.82) is 0 Å². The average molecular weight is 390 g/mol. The van der Waals surface area contributed by atoms with Crippen LogP contribution >= 0.6 is 11.8 Å². The summed E-state index contributed by atoms with van der Waals surface area (Å²) in [6, 6.07) is 19.4. The maximum atomic E-state index is 5.86. The standard InChI is InChI=1S/C23H23N3OS/c1-3-16-14-28-23-25-21(18-10-6-7-13-24-18)22(26(16)23)20-17-9-5-4-8-15(17)11-12-19(20)27-2/h4-13,16,21-22H,3,14H2,1-2H3. The van der Waals surface area contributed by atoms with Crippen molar-refractivity contribution in [2.75, 3.05) is 12.9 Å². The number of aromatic nitrogens is 1. The molecule has 5 rings (SSSR count). The molecule has 1 aromatic heterocycles. The summed E-state index contributed by atoms with van der Waals surface area (Å²) in [7, 11) is 1.76. The third kappa shape index (κ3) is 2.68. The van der Waals surface area contributed by atoms with Crippen LogP contribution in [0.4, 0.5) is 0 Å². The number of ether oxygens (including phenoxy) is 1. The second-order valence-electron chi connectivity index (χ2n) is 7.24. The van der Waals surface area contributed by atoms with E-state index >= 15 is 0 Å². The third-order valence-electron chi connectivity index (χ3n) is 5.78. The van der Waals surface area contributed by atoms with E-state index in [0.717, 1.165) is 28.8 Å². The second-order valence-corrected chi connectivity index (χ2v) is 8.23. The summed E-state index contributed by atoms with van der Waals surface area (Å²) in [6.07, 6.45) is 2.96. The van der Waals surface area contributed by atoms with Crippen molar-refractivity contribution in [1.82, 2.24) is 9.88 Å². The van der Waals surface area contributed by atoms with Crippen molar-refractivity contribution in [2.24, 2.45) is 4.99 Å². The predicted molar refractivity (Wildman–Crippen MR) is 116 cm³/mol. The van der Waals surface area contributed by atoms with Gasteiger partial charge in [0.2, 0.25) is 0 Å². The number of rotatable bonds is 4. The molecule has 3 aromatic rings. The van der Waals surface area contributed by atoms with Gasteiger partial charge >= 0.3 is 0 Å². The van der Waals surface area contributed by atoms with E-state index in [1.165, 1.54) is 16.3 Å². The highest BCUT2D eigenvalue weighted by atomic mass is 32.2. The minimum Gasteiger partial charge on any atom is -0.496 e. The van der Waals surface area contributed by atoms with Gasteiger partial charge < -0.3 is 9.64 Å². The first-order chi connectivity index (χ1) is 13.8. The van der Waals surface area contributed by atoms with Crippen LogP contribution in [-0.4, -0.2) is 34.0 Å². The van der Waals surface area contributed by atoms with Gasteiger partial charge in [0.05, 0.1) is 18.8 Å². The van der Waals surface area contributed by atoms with E-state index in [-0.39, 0.29) is 12.1 Å². The molecule has 5 heteroatoms. The van der Waals surface area contributed by atoms with Crippen molar-refractivity contribution in [2.45, 2.75) is 31.5 Å². The van der Waals surface area contributed by atoms with Crippen LogP contribution in [0.25, 0.3) is 10.8 Å². The molecule has 0 N–H and O–H groups in total. The van der Waals surface area contributed by atoms with Crippen molar-refractivity contribution in [3.05, 3.63) is 72.1 Å². The summed E-state index contributed by atoms with van der Waals surface area (Å²) in [5.74, 6) is 2.02. The van der Waals surface area contributed by atoms with Crippen LogP contribution in [0, 0.1) is 0 Å². The number of hydrogen-bond acceptors (Lipinski definition) is 5. The number of hydrogen-bond donors (Lipinski definition) is 0. The number of amidine groups is 1. The second kappa shape index (κ2) is 7.13. The Morgan fingerprint density at radius 1 is 1.11 bits per heavy atom. The molecular formula is C23H23N3OS. The summed E-state index contributed by atoms with van der Waals surface area (Å²) in [6.45, 7) is 2.26. The molecule has 2 aliphatic rings. The first-order valence-electron chi connectivity index (χ1n) is 9.77. The molecule has 142 valence electrons. The van der Waals surface area contributed by atoms with Crippen molar-refractivity contribution < 1.29 is 4.74 Å². The Kier molecular flexibility index (Phi) is 4.47. The SMILES string of the molecule is CCC1CSC2=NC(c3ccccn3)C(c3c(OC)ccc4ccccc34)N21.